The van der Waals surface area contributed by atoms with Gasteiger partial charge in [0.05, 0.1) is 55.2 Å². The van der Waals surface area contributed by atoms with Crippen molar-refractivity contribution in [2.24, 2.45) is 0 Å². The van der Waals surface area contributed by atoms with Crippen LogP contribution in [0, 0.1) is 0 Å². The summed E-state index contributed by atoms with van der Waals surface area (Å²) in [6, 6.07) is 127. The molecular weight excluding hydrogens is 1260 g/mol. The maximum atomic E-state index is 6.72. The second kappa shape index (κ2) is 22.2. The Morgan fingerprint density at radius 1 is 0.204 bits per heavy atom. The molecule has 9 nitrogen and oxygen atoms in total. The fourth-order valence-corrected chi connectivity index (χ4v) is 16.7. The van der Waals surface area contributed by atoms with Crippen molar-refractivity contribution in [3.8, 4) is 51.2 Å². The molecule has 0 saturated carbocycles. The molecule has 480 valence electrons. The molecule has 9 heteroatoms. The van der Waals surface area contributed by atoms with E-state index in [0.717, 1.165) is 149 Å². The first-order valence-corrected chi connectivity index (χ1v) is 35.0. The highest BCUT2D eigenvalue weighted by Gasteiger charge is 2.26. The van der Waals surface area contributed by atoms with Crippen molar-refractivity contribution in [1.29, 1.82) is 0 Å². The standard InChI is InChI=1S/C94H58N8O/c1-5-23-63(24-6-1)97(64-25-7-2-8-26-64)67-45-50-88-77(55-67)70-33-15-20-38-82(70)100(88)92-58-93(96-94(95-92)102-83-39-21-16-34-71(83)78-56-79-72-35-17-22-40-90(72)103-91(79)57-89(78)102)101-86-48-43-61(59-41-46-84-73(51-59)68-31-13-18-36-80(68)98(84)65-27-9-3-10-28-65)53-75(86)76-54-62(44-49-87(76)101)60-42-47-85-74(52-60)69-32-14-19-37-81(69)99(85)66-29-11-4-12-30-66/h1-58H. The molecule has 0 fully saturated rings. The number of aromatic nitrogens is 7. The lowest BCUT2D eigenvalue weighted by Gasteiger charge is -2.25. The summed E-state index contributed by atoms with van der Waals surface area (Å²) in [6.07, 6.45) is 0. The van der Waals surface area contributed by atoms with E-state index >= 15 is 0 Å². The summed E-state index contributed by atoms with van der Waals surface area (Å²) in [5.41, 5.74) is 22.2. The summed E-state index contributed by atoms with van der Waals surface area (Å²) in [4.78, 5) is 14.1. The van der Waals surface area contributed by atoms with Crippen LogP contribution in [0.4, 0.5) is 17.1 Å². The molecule has 0 bridgehead atoms. The maximum Gasteiger partial charge on any atom is 0.238 e. The zero-order valence-electron chi connectivity index (χ0n) is 55.5. The van der Waals surface area contributed by atoms with E-state index in [2.05, 4.69) is 367 Å². The highest BCUT2D eigenvalue weighted by atomic mass is 16.3. The Kier molecular flexibility index (Phi) is 12.3. The van der Waals surface area contributed by atoms with E-state index in [-0.39, 0.29) is 0 Å². The molecule has 0 amide bonds. The third kappa shape index (κ3) is 8.66. The van der Waals surface area contributed by atoms with E-state index in [1.807, 2.05) is 12.1 Å². The Morgan fingerprint density at radius 3 is 1.01 bits per heavy atom. The van der Waals surface area contributed by atoms with E-state index in [1.54, 1.807) is 0 Å². The largest absolute Gasteiger partial charge is 0.456 e. The summed E-state index contributed by atoms with van der Waals surface area (Å²) in [5.74, 6) is 1.94. The topological polar surface area (TPSA) is 66.8 Å². The van der Waals surface area contributed by atoms with Gasteiger partial charge in [-0.3, -0.25) is 13.7 Å². The molecular formula is C94H58N8O. The van der Waals surface area contributed by atoms with Gasteiger partial charge in [-0.2, -0.15) is 9.97 Å². The van der Waals surface area contributed by atoms with Gasteiger partial charge in [0, 0.05) is 105 Å². The van der Waals surface area contributed by atoms with E-state index < -0.39 is 0 Å². The van der Waals surface area contributed by atoms with E-state index in [9.17, 15) is 0 Å². The molecule has 0 saturated heterocycles. The summed E-state index contributed by atoms with van der Waals surface area (Å²) in [6.45, 7) is 0. The predicted molar refractivity (Wildman–Crippen MR) is 427 cm³/mol. The van der Waals surface area contributed by atoms with Gasteiger partial charge < -0.3 is 18.5 Å². The fourth-order valence-electron chi connectivity index (χ4n) is 16.7. The molecule has 103 heavy (non-hydrogen) atoms. The normalized spacial score (nSPS) is 12.1. The third-order valence-electron chi connectivity index (χ3n) is 21.3. The average molecular weight is 1320 g/mol. The van der Waals surface area contributed by atoms with Crippen LogP contribution >= 0.6 is 0 Å². The minimum absolute atomic E-state index is 0.519. The summed E-state index contributed by atoms with van der Waals surface area (Å²) >= 11 is 0. The molecule has 7 heterocycles. The van der Waals surface area contributed by atoms with E-state index in [0.29, 0.717) is 17.6 Å². The smallest absolute Gasteiger partial charge is 0.238 e. The third-order valence-corrected chi connectivity index (χ3v) is 21.3. The number of rotatable bonds is 10. The van der Waals surface area contributed by atoms with Gasteiger partial charge in [0.15, 0.2) is 0 Å². The van der Waals surface area contributed by atoms with Gasteiger partial charge in [-0.15, -0.1) is 0 Å². The summed E-state index contributed by atoms with van der Waals surface area (Å²) in [5, 5.41) is 13.5. The van der Waals surface area contributed by atoms with Gasteiger partial charge >= 0.3 is 0 Å². The predicted octanol–water partition coefficient (Wildman–Crippen LogP) is 24.7. The van der Waals surface area contributed by atoms with Crippen molar-refractivity contribution < 1.29 is 4.42 Å². The fraction of sp³-hybridized carbons (Fsp3) is 0. The molecule has 0 N–H and O–H groups in total. The molecule has 15 aromatic carbocycles. The number of hydrogen-bond acceptors (Lipinski definition) is 4. The minimum atomic E-state index is 0.519. The lowest BCUT2D eigenvalue weighted by atomic mass is 9.98. The molecule has 0 aliphatic rings. The number of hydrogen-bond donors (Lipinski definition) is 0. The lowest BCUT2D eigenvalue weighted by molar-refractivity contribution is 0.669. The first kappa shape index (κ1) is 56.9. The quantitative estimate of drug-likeness (QED) is 0.137. The number of furan rings is 1. The Morgan fingerprint density at radius 2 is 0.544 bits per heavy atom. The van der Waals surface area contributed by atoms with Crippen molar-refractivity contribution in [2.75, 3.05) is 4.90 Å². The van der Waals surface area contributed by atoms with Crippen molar-refractivity contribution in [1.82, 2.24) is 32.8 Å². The molecule has 0 aliphatic carbocycles. The van der Waals surface area contributed by atoms with E-state index in [4.69, 9.17) is 14.4 Å². The SMILES string of the molecule is c1ccc(N(c2ccccc2)c2ccc3c(c2)c2ccccc2n3-c2cc(-n3c4ccc(-c5ccc6c(c5)c5ccccc5n6-c5ccccc5)cc4c4cc(-c5ccc6c(c5)c5ccccc5n6-c5ccccc5)ccc43)nc(-n3c4ccccc4c4cc5c(cc43)oc3ccccc35)n2)cc1. The van der Waals surface area contributed by atoms with Gasteiger partial charge in [0.2, 0.25) is 5.95 Å². The Labute approximate surface area is 589 Å². The minimum Gasteiger partial charge on any atom is -0.456 e. The molecule has 0 spiro atoms. The van der Waals surface area contributed by atoms with Crippen molar-refractivity contribution in [3.05, 3.63) is 352 Å². The van der Waals surface area contributed by atoms with Gasteiger partial charge in [-0.25, -0.2) is 0 Å². The second-order valence-electron chi connectivity index (χ2n) is 26.9. The maximum absolute atomic E-state index is 6.72. The number of para-hydroxylation sites is 9. The zero-order valence-corrected chi connectivity index (χ0v) is 55.5. The van der Waals surface area contributed by atoms with Gasteiger partial charge in [0.25, 0.3) is 0 Å². The number of anilines is 3. The van der Waals surface area contributed by atoms with Crippen molar-refractivity contribution in [2.45, 2.75) is 0 Å². The molecule has 0 atom stereocenters. The monoisotopic (exact) mass is 1310 g/mol. The summed E-state index contributed by atoms with van der Waals surface area (Å²) in [7, 11) is 0. The Balaban J connectivity index is 0.808. The van der Waals surface area contributed by atoms with Crippen LogP contribution in [0.15, 0.2) is 356 Å². The molecule has 0 aliphatic heterocycles. The van der Waals surface area contributed by atoms with Crippen molar-refractivity contribution in [3.63, 3.8) is 0 Å². The van der Waals surface area contributed by atoms with Crippen LogP contribution in [0.3, 0.4) is 0 Å². The van der Waals surface area contributed by atoms with Gasteiger partial charge in [-0.05, 0) is 174 Å². The van der Waals surface area contributed by atoms with Crippen LogP contribution in [0.25, 0.3) is 182 Å². The number of nitrogens with zero attached hydrogens (tertiary/aromatic N) is 8. The molecule has 0 radical (unpaired) electrons. The lowest BCUT2D eigenvalue weighted by Crippen LogP contribution is -2.10. The first-order valence-electron chi connectivity index (χ1n) is 35.0. The van der Waals surface area contributed by atoms with Gasteiger partial charge in [-0.1, -0.05) is 188 Å². The van der Waals surface area contributed by atoms with Crippen LogP contribution < -0.4 is 4.90 Å². The molecule has 7 aromatic heterocycles. The number of fused-ring (bicyclic) bond motifs is 18. The van der Waals surface area contributed by atoms with E-state index in [1.165, 1.54) is 32.6 Å². The zero-order chi connectivity index (χ0) is 67.4. The highest BCUT2D eigenvalue weighted by Crippen LogP contribution is 2.46. The highest BCUT2D eigenvalue weighted by molar-refractivity contribution is 6.19. The second-order valence-corrected chi connectivity index (χ2v) is 26.9. The Hall–Kier alpha value is -14.0. The van der Waals surface area contributed by atoms with Crippen LogP contribution in [-0.2, 0) is 0 Å². The summed E-state index contributed by atoms with van der Waals surface area (Å²) < 4.78 is 18.4. The molecule has 22 aromatic rings. The van der Waals surface area contributed by atoms with Crippen LogP contribution in [0.5, 0.6) is 0 Å². The molecule has 0 unspecified atom stereocenters. The van der Waals surface area contributed by atoms with Crippen LogP contribution in [-0.4, -0.2) is 32.8 Å². The van der Waals surface area contributed by atoms with Crippen LogP contribution in [0.2, 0.25) is 0 Å². The van der Waals surface area contributed by atoms with Crippen molar-refractivity contribution >= 4 is 148 Å². The Bertz CT molecular complexity index is 6980. The first-order chi connectivity index (χ1) is 51.1. The average Bonchev–Trinajstić information content (AvgIpc) is 1.59. The van der Waals surface area contributed by atoms with Crippen LogP contribution in [0.1, 0.15) is 0 Å². The molecule has 22 rings (SSSR count). The van der Waals surface area contributed by atoms with Gasteiger partial charge in [0.1, 0.15) is 22.8 Å². The number of benzene rings is 15.